The van der Waals surface area contributed by atoms with Gasteiger partial charge in [-0.2, -0.15) is 5.10 Å². The molecule has 0 fully saturated rings. The number of rotatable bonds is 6. The zero-order chi connectivity index (χ0) is 18.0. The maximum Gasteiger partial charge on any atom is 0.344 e. The quantitative estimate of drug-likeness (QED) is 0.819. The van der Waals surface area contributed by atoms with E-state index in [-0.39, 0.29) is 21.5 Å². The van der Waals surface area contributed by atoms with Crippen LogP contribution >= 0.6 is 23.2 Å². The molecule has 0 aliphatic heterocycles. The van der Waals surface area contributed by atoms with E-state index in [1.165, 1.54) is 19.1 Å². The van der Waals surface area contributed by atoms with E-state index >= 15 is 0 Å². The summed E-state index contributed by atoms with van der Waals surface area (Å²) in [4.78, 5) is 10.9. The monoisotopic (exact) mass is 370 g/mol. The smallest absolute Gasteiger partial charge is 0.344 e. The van der Waals surface area contributed by atoms with Gasteiger partial charge in [0.05, 0.1) is 21.3 Å². The largest absolute Gasteiger partial charge is 0.479 e. The number of carbonyl (C=O) groups is 1. The summed E-state index contributed by atoms with van der Waals surface area (Å²) in [5, 5.41) is 13.7. The fourth-order valence-corrected chi connectivity index (χ4v) is 2.50. The van der Waals surface area contributed by atoms with Crippen molar-refractivity contribution in [3.63, 3.8) is 0 Å². The Kier molecular flexibility index (Phi) is 5.41. The molecule has 1 aromatic heterocycles. The van der Waals surface area contributed by atoms with Crippen LogP contribution in [-0.2, 0) is 11.8 Å². The molecule has 1 heterocycles. The van der Waals surface area contributed by atoms with Crippen LogP contribution in [0.15, 0.2) is 18.7 Å². The van der Waals surface area contributed by atoms with Crippen molar-refractivity contribution in [3.8, 4) is 17.4 Å². The van der Waals surface area contributed by atoms with Crippen molar-refractivity contribution in [2.24, 2.45) is 7.05 Å². The van der Waals surface area contributed by atoms with Crippen LogP contribution in [0.2, 0.25) is 10.0 Å². The van der Waals surface area contributed by atoms with Gasteiger partial charge in [-0.3, -0.25) is 0 Å². The number of carboxylic acid groups (broad SMARTS) is 1. The fraction of sp³-hybridized carbons (Fsp3) is 0.250. The van der Waals surface area contributed by atoms with E-state index in [0.29, 0.717) is 5.88 Å². The van der Waals surface area contributed by atoms with Gasteiger partial charge in [0.25, 0.3) is 0 Å². The van der Waals surface area contributed by atoms with Crippen molar-refractivity contribution in [1.29, 1.82) is 0 Å². The van der Waals surface area contributed by atoms with Gasteiger partial charge in [0.2, 0.25) is 5.88 Å². The van der Waals surface area contributed by atoms with E-state index in [9.17, 15) is 4.79 Å². The van der Waals surface area contributed by atoms with Crippen LogP contribution in [-0.4, -0.2) is 27.0 Å². The first kappa shape index (κ1) is 18.2. The first-order valence-electron chi connectivity index (χ1n) is 6.97. The number of benzene rings is 1. The Hall–Kier alpha value is -2.18. The van der Waals surface area contributed by atoms with Gasteiger partial charge in [0.1, 0.15) is 5.75 Å². The van der Waals surface area contributed by atoms with Gasteiger partial charge in [-0.1, -0.05) is 35.9 Å². The molecule has 0 amide bonds. The highest BCUT2D eigenvalue weighted by Gasteiger charge is 2.19. The minimum absolute atomic E-state index is 0.157. The number of aryl methyl sites for hydroxylation is 2. The summed E-state index contributed by atoms with van der Waals surface area (Å²) >= 11 is 12.2. The van der Waals surface area contributed by atoms with Crippen LogP contribution in [0.4, 0.5) is 0 Å². The van der Waals surface area contributed by atoms with Gasteiger partial charge in [0.15, 0.2) is 11.9 Å². The average Bonchev–Trinajstić information content (AvgIpc) is 2.77. The van der Waals surface area contributed by atoms with Crippen LogP contribution in [0.25, 0.3) is 6.08 Å². The summed E-state index contributed by atoms with van der Waals surface area (Å²) < 4.78 is 12.7. The Morgan fingerprint density at radius 1 is 1.38 bits per heavy atom. The Labute approximate surface area is 149 Å². The zero-order valence-electron chi connectivity index (χ0n) is 13.3. The number of carboxylic acids is 1. The number of aromatic nitrogens is 2. The minimum Gasteiger partial charge on any atom is -0.479 e. The second-order valence-electron chi connectivity index (χ2n) is 5.05. The zero-order valence-corrected chi connectivity index (χ0v) is 14.9. The lowest BCUT2D eigenvalue weighted by atomic mass is 10.2. The summed E-state index contributed by atoms with van der Waals surface area (Å²) in [5.74, 6) is -0.242. The van der Waals surface area contributed by atoms with Crippen molar-refractivity contribution < 1.29 is 19.4 Å². The lowest BCUT2D eigenvalue weighted by molar-refractivity contribution is -0.144. The Morgan fingerprint density at radius 3 is 2.58 bits per heavy atom. The minimum atomic E-state index is -1.11. The molecule has 0 saturated carbocycles. The number of aliphatic carboxylic acids is 1. The molecule has 0 unspecified atom stereocenters. The molecule has 1 atom stereocenters. The predicted molar refractivity (Wildman–Crippen MR) is 92.3 cm³/mol. The van der Waals surface area contributed by atoms with E-state index in [1.807, 2.05) is 6.92 Å². The molecule has 6 nitrogen and oxygen atoms in total. The van der Waals surface area contributed by atoms with E-state index in [4.69, 9.17) is 37.8 Å². The summed E-state index contributed by atoms with van der Waals surface area (Å²) in [6.45, 7) is 6.97. The lowest BCUT2D eigenvalue weighted by Gasteiger charge is -2.15. The second-order valence-corrected chi connectivity index (χ2v) is 5.86. The van der Waals surface area contributed by atoms with Crippen molar-refractivity contribution in [3.05, 3.63) is 40.0 Å². The molecule has 1 N–H and O–H groups in total. The van der Waals surface area contributed by atoms with Gasteiger partial charge in [0, 0.05) is 13.1 Å². The Balaban J connectivity index is 2.41. The van der Waals surface area contributed by atoms with Gasteiger partial charge in [-0.25, -0.2) is 9.48 Å². The molecular weight excluding hydrogens is 355 g/mol. The maximum absolute atomic E-state index is 10.9. The van der Waals surface area contributed by atoms with E-state index in [1.54, 1.807) is 17.8 Å². The van der Waals surface area contributed by atoms with Crippen LogP contribution in [0.3, 0.4) is 0 Å². The normalized spacial score (nSPS) is 11.9. The Morgan fingerprint density at radius 2 is 2.00 bits per heavy atom. The predicted octanol–water partition coefficient (Wildman–Crippen LogP) is 4.32. The van der Waals surface area contributed by atoms with Crippen LogP contribution < -0.4 is 9.47 Å². The fourth-order valence-electron chi connectivity index (χ4n) is 2.03. The highest BCUT2D eigenvalue weighted by atomic mass is 35.5. The molecule has 0 aliphatic carbocycles. The third-order valence-corrected chi connectivity index (χ3v) is 3.85. The summed E-state index contributed by atoms with van der Waals surface area (Å²) in [6, 6.07) is 2.87. The van der Waals surface area contributed by atoms with Gasteiger partial charge >= 0.3 is 5.97 Å². The molecular formula is C16H16Cl2N2O4. The van der Waals surface area contributed by atoms with Crippen molar-refractivity contribution in [1.82, 2.24) is 9.78 Å². The third-order valence-electron chi connectivity index (χ3n) is 3.26. The highest BCUT2D eigenvalue weighted by molar-refractivity contribution is 6.36. The standard InChI is InChI=1S/C16H16Cl2N2O4/c1-5-10-8(2)19-20(4)15(10)24-14-7-13(11(17)6-12(14)18)23-9(3)16(21)22/h5-7,9H,1H2,2-4H3,(H,21,22)/t9-/m1/s1. The molecule has 0 bridgehead atoms. The molecule has 8 heteroatoms. The molecule has 0 saturated heterocycles. The maximum atomic E-state index is 10.9. The third kappa shape index (κ3) is 3.66. The SMILES string of the molecule is C=Cc1c(C)nn(C)c1Oc1cc(O[C@H](C)C(=O)O)c(Cl)cc1Cl. The number of halogens is 2. The molecule has 1 aromatic carbocycles. The molecule has 24 heavy (non-hydrogen) atoms. The molecule has 2 aromatic rings. The number of nitrogens with zero attached hydrogens (tertiary/aromatic N) is 2. The van der Waals surface area contributed by atoms with Crippen LogP contribution in [0, 0.1) is 6.92 Å². The number of ether oxygens (including phenoxy) is 2. The van der Waals surface area contributed by atoms with Gasteiger partial charge in [-0.15, -0.1) is 0 Å². The van der Waals surface area contributed by atoms with Gasteiger partial charge < -0.3 is 14.6 Å². The summed E-state index contributed by atoms with van der Waals surface area (Å²) in [6.07, 6.45) is 0.560. The Bertz CT molecular complexity index is 802. The van der Waals surface area contributed by atoms with E-state index in [2.05, 4.69) is 11.7 Å². The molecule has 0 aliphatic rings. The topological polar surface area (TPSA) is 73.6 Å². The van der Waals surface area contributed by atoms with Crippen molar-refractivity contribution in [2.75, 3.05) is 0 Å². The number of hydrogen-bond acceptors (Lipinski definition) is 4. The average molecular weight is 371 g/mol. The number of hydrogen-bond donors (Lipinski definition) is 1. The van der Waals surface area contributed by atoms with Crippen molar-refractivity contribution >= 4 is 35.2 Å². The van der Waals surface area contributed by atoms with Crippen LogP contribution in [0.5, 0.6) is 17.4 Å². The molecule has 2 rings (SSSR count). The van der Waals surface area contributed by atoms with E-state index in [0.717, 1.165) is 11.3 Å². The van der Waals surface area contributed by atoms with E-state index < -0.39 is 12.1 Å². The first-order valence-corrected chi connectivity index (χ1v) is 7.72. The second kappa shape index (κ2) is 7.15. The lowest BCUT2D eigenvalue weighted by Crippen LogP contribution is -2.23. The van der Waals surface area contributed by atoms with Crippen LogP contribution in [0.1, 0.15) is 18.2 Å². The molecule has 128 valence electrons. The first-order chi connectivity index (χ1) is 11.2. The summed E-state index contributed by atoms with van der Waals surface area (Å²) in [7, 11) is 1.73. The molecule has 0 spiro atoms. The highest BCUT2D eigenvalue weighted by Crippen LogP contribution is 2.39. The van der Waals surface area contributed by atoms with Crippen molar-refractivity contribution in [2.45, 2.75) is 20.0 Å². The summed E-state index contributed by atoms with van der Waals surface area (Å²) in [5.41, 5.74) is 1.48. The van der Waals surface area contributed by atoms with Gasteiger partial charge in [-0.05, 0) is 19.9 Å². The molecule has 0 radical (unpaired) electrons.